The maximum atomic E-state index is 13.6. The first-order valence-electron chi connectivity index (χ1n) is 6.63. The summed E-state index contributed by atoms with van der Waals surface area (Å²) < 4.78 is 76.2. The molecular weight excluding hydrogens is 347 g/mol. The first-order chi connectivity index (χ1) is 11.3. The molecular formula is C15H14F3NO4S. The second-order valence-corrected chi connectivity index (χ2v) is 6.43. The normalized spacial score (nSPS) is 11.4. The van der Waals surface area contributed by atoms with Crippen LogP contribution in [0.15, 0.2) is 35.2 Å². The summed E-state index contributed by atoms with van der Waals surface area (Å²) in [6, 6.07) is 5.16. The van der Waals surface area contributed by atoms with E-state index in [0.29, 0.717) is 17.1 Å². The average Bonchev–Trinajstić information content (AvgIpc) is 2.56. The Hall–Kier alpha value is -2.26. The lowest BCUT2D eigenvalue weighted by atomic mass is 10.2. The largest absolute Gasteiger partial charge is 0.497 e. The Kier molecular flexibility index (Phi) is 5.35. The molecule has 2 aromatic rings. The number of hydrogen-bond donors (Lipinski definition) is 1. The van der Waals surface area contributed by atoms with Gasteiger partial charge in [0.1, 0.15) is 22.2 Å². The molecule has 0 spiro atoms. The van der Waals surface area contributed by atoms with E-state index in [-0.39, 0.29) is 18.7 Å². The van der Waals surface area contributed by atoms with Crippen LogP contribution in [0.3, 0.4) is 0 Å². The molecule has 0 aliphatic rings. The number of benzene rings is 2. The monoisotopic (exact) mass is 361 g/mol. The van der Waals surface area contributed by atoms with Crippen molar-refractivity contribution < 1.29 is 31.1 Å². The van der Waals surface area contributed by atoms with Gasteiger partial charge in [-0.3, -0.25) is 0 Å². The van der Waals surface area contributed by atoms with E-state index < -0.39 is 32.4 Å². The van der Waals surface area contributed by atoms with Crippen LogP contribution in [0, 0.1) is 17.5 Å². The van der Waals surface area contributed by atoms with Crippen molar-refractivity contribution in [2.24, 2.45) is 0 Å². The van der Waals surface area contributed by atoms with Crippen LogP contribution < -0.4 is 14.2 Å². The molecule has 130 valence electrons. The number of rotatable bonds is 6. The highest BCUT2D eigenvalue weighted by Crippen LogP contribution is 2.25. The molecule has 9 heteroatoms. The van der Waals surface area contributed by atoms with Crippen LogP contribution in [0.2, 0.25) is 0 Å². The average molecular weight is 361 g/mol. The van der Waals surface area contributed by atoms with Crippen LogP contribution in [0.5, 0.6) is 11.5 Å². The van der Waals surface area contributed by atoms with E-state index in [1.54, 1.807) is 18.2 Å². The molecule has 0 aliphatic carbocycles. The number of hydrogen-bond acceptors (Lipinski definition) is 4. The molecule has 0 aromatic heterocycles. The van der Waals surface area contributed by atoms with Crippen LogP contribution in [0.1, 0.15) is 5.56 Å². The molecule has 0 atom stereocenters. The van der Waals surface area contributed by atoms with Gasteiger partial charge in [0.05, 0.1) is 14.2 Å². The Labute approximate surface area is 137 Å². The molecule has 0 heterocycles. The van der Waals surface area contributed by atoms with Gasteiger partial charge in [-0.1, -0.05) is 6.07 Å². The van der Waals surface area contributed by atoms with Gasteiger partial charge in [0, 0.05) is 24.2 Å². The third-order valence-electron chi connectivity index (χ3n) is 3.21. The Morgan fingerprint density at radius 2 is 1.62 bits per heavy atom. The second kappa shape index (κ2) is 7.10. The number of methoxy groups -OCH3 is 2. The van der Waals surface area contributed by atoms with Gasteiger partial charge in [-0.25, -0.2) is 26.3 Å². The van der Waals surface area contributed by atoms with Crippen LogP contribution in [-0.4, -0.2) is 22.6 Å². The number of halogens is 3. The Morgan fingerprint density at radius 3 is 2.25 bits per heavy atom. The molecule has 1 N–H and O–H groups in total. The van der Waals surface area contributed by atoms with Gasteiger partial charge in [-0.15, -0.1) is 0 Å². The summed E-state index contributed by atoms with van der Waals surface area (Å²) in [6.45, 7) is -0.242. The van der Waals surface area contributed by atoms with Gasteiger partial charge < -0.3 is 9.47 Å². The van der Waals surface area contributed by atoms with E-state index >= 15 is 0 Å². The zero-order valence-electron chi connectivity index (χ0n) is 12.8. The maximum absolute atomic E-state index is 13.6. The lowest BCUT2D eigenvalue weighted by molar-refractivity contribution is 0.390. The van der Waals surface area contributed by atoms with Crippen molar-refractivity contribution in [2.45, 2.75) is 11.4 Å². The molecule has 2 rings (SSSR count). The zero-order chi connectivity index (χ0) is 17.9. The molecule has 0 saturated heterocycles. The van der Waals surface area contributed by atoms with Crippen molar-refractivity contribution in [3.63, 3.8) is 0 Å². The minimum Gasteiger partial charge on any atom is -0.497 e. The van der Waals surface area contributed by atoms with Crippen molar-refractivity contribution in [1.82, 2.24) is 4.72 Å². The molecule has 2 aromatic carbocycles. The summed E-state index contributed by atoms with van der Waals surface area (Å²) in [4.78, 5) is -0.978. The highest BCUT2D eigenvalue weighted by molar-refractivity contribution is 7.89. The Morgan fingerprint density at radius 1 is 0.958 bits per heavy atom. The van der Waals surface area contributed by atoms with E-state index in [2.05, 4.69) is 4.72 Å². The standard InChI is InChI=1S/C15H14F3NO4S/c1-22-10-4-3-9(14(5-10)23-2)8-19-24(20,21)15-7-12(17)11(16)6-13(15)18/h3-7,19H,8H2,1-2H3. The summed E-state index contributed by atoms with van der Waals surface area (Å²) in [7, 11) is -1.54. The van der Waals surface area contributed by atoms with Gasteiger partial charge in [-0.2, -0.15) is 0 Å². The van der Waals surface area contributed by atoms with Crippen LogP contribution in [-0.2, 0) is 16.6 Å². The first-order valence-corrected chi connectivity index (χ1v) is 8.12. The zero-order valence-corrected chi connectivity index (χ0v) is 13.6. The molecule has 0 fully saturated rings. The lowest BCUT2D eigenvalue weighted by Gasteiger charge is -2.12. The molecule has 24 heavy (non-hydrogen) atoms. The van der Waals surface area contributed by atoms with Crippen molar-refractivity contribution in [1.29, 1.82) is 0 Å². The topological polar surface area (TPSA) is 64.6 Å². The molecule has 0 aliphatic heterocycles. The highest BCUT2D eigenvalue weighted by Gasteiger charge is 2.22. The van der Waals surface area contributed by atoms with E-state index in [1.165, 1.54) is 14.2 Å². The molecule has 0 amide bonds. The van der Waals surface area contributed by atoms with Crippen LogP contribution >= 0.6 is 0 Å². The van der Waals surface area contributed by atoms with Gasteiger partial charge in [0.15, 0.2) is 11.6 Å². The third kappa shape index (κ3) is 3.80. The number of nitrogens with one attached hydrogen (secondary N) is 1. The smallest absolute Gasteiger partial charge is 0.243 e. The predicted octanol–water partition coefficient (Wildman–Crippen LogP) is 2.60. The predicted molar refractivity (Wildman–Crippen MR) is 79.9 cm³/mol. The minimum atomic E-state index is -4.39. The fourth-order valence-corrected chi connectivity index (χ4v) is 3.03. The summed E-state index contributed by atoms with van der Waals surface area (Å²) in [5, 5.41) is 0. The fourth-order valence-electron chi connectivity index (χ4n) is 1.96. The van der Waals surface area contributed by atoms with Gasteiger partial charge in [-0.05, 0) is 12.1 Å². The molecule has 5 nitrogen and oxygen atoms in total. The highest BCUT2D eigenvalue weighted by atomic mass is 32.2. The number of ether oxygens (including phenoxy) is 2. The van der Waals surface area contributed by atoms with E-state index in [1.807, 2.05) is 0 Å². The summed E-state index contributed by atoms with van der Waals surface area (Å²) in [5.74, 6) is -3.46. The summed E-state index contributed by atoms with van der Waals surface area (Å²) in [6.07, 6.45) is 0. The summed E-state index contributed by atoms with van der Waals surface area (Å²) in [5.41, 5.74) is 0.449. The van der Waals surface area contributed by atoms with Crippen LogP contribution in [0.4, 0.5) is 13.2 Å². The van der Waals surface area contributed by atoms with E-state index in [9.17, 15) is 21.6 Å². The van der Waals surface area contributed by atoms with Crippen molar-refractivity contribution >= 4 is 10.0 Å². The molecule has 0 unspecified atom stereocenters. The SMILES string of the molecule is COc1ccc(CNS(=O)(=O)c2cc(F)c(F)cc2F)c(OC)c1. The molecule has 0 bridgehead atoms. The van der Waals surface area contributed by atoms with Crippen molar-refractivity contribution in [2.75, 3.05) is 14.2 Å². The van der Waals surface area contributed by atoms with Crippen molar-refractivity contribution in [3.05, 3.63) is 53.3 Å². The Balaban J connectivity index is 2.27. The molecule has 0 radical (unpaired) electrons. The minimum absolute atomic E-state index is 0.178. The Bertz CT molecular complexity index is 856. The van der Waals surface area contributed by atoms with Crippen molar-refractivity contribution in [3.8, 4) is 11.5 Å². The lowest BCUT2D eigenvalue weighted by Crippen LogP contribution is -2.24. The first kappa shape index (κ1) is 18.1. The van der Waals surface area contributed by atoms with E-state index in [0.717, 1.165) is 0 Å². The fraction of sp³-hybridized carbons (Fsp3) is 0.200. The number of sulfonamides is 1. The molecule has 0 saturated carbocycles. The second-order valence-electron chi connectivity index (χ2n) is 4.70. The van der Waals surface area contributed by atoms with E-state index in [4.69, 9.17) is 9.47 Å². The van der Waals surface area contributed by atoms with Gasteiger partial charge in [0.25, 0.3) is 0 Å². The van der Waals surface area contributed by atoms with Gasteiger partial charge >= 0.3 is 0 Å². The quantitative estimate of drug-likeness (QED) is 0.804. The third-order valence-corrected chi connectivity index (χ3v) is 4.63. The maximum Gasteiger partial charge on any atom is 0.243 e. The van der Waals surface area contributed by atoms with Crippen LogP contribution in [0.25, 0.3) is 0 Å². The van der Waals surface area contributed by atoms with Gasteiger partial charge in [0.2, 0.25) is 10.0 Å². The summed E-state index contributed by atoms with van der Waals surface area (Å²) >= 11 is 0.